The minimum absolute atomic E-state index is 0.127. The van der Waals surface area contributed by atoms with Gasteiger partial charge in [0.1, 0.15) is 5.82 Å². The van der Waals surface area contributed by atoms with Gasteiger partial charge in [0.2, 0.25) is 0 Å². The first-order valence-electron chi connectivity index (χ1n) is 6.59. The van der Waals surface area contributed by atoms with Crippen molar-refractivity contribution in [3.63, 3.8) is 0 Å². The van der Waals surface area contributed by atoms with Crippen molar-refractivity contribution in [1.82, 2.24) is 4.90 Å². The van der Waals surface area contributed by atoms with E-state index in [1.54, 1.807) is 6.07 Å². The van der Waals surface area contributed by atoms with Crippen molar-refractivity contribution in [3.05, 3.63) is 35.6 Å². The Kier molecular flexibility index (Phi) is 3.33. The summed E-state index contributed by atoms with van der Waals surface area (Å²) in [5, 5.41) is 0. The summed E-state index contributed by atoms with van der Waals surface area (Å²) in [5.74, 6) is -0.218. The second-order valence-electron chi connectivity index (χ2n) is 5.34. The maximum absolute atomic E-state index is 13.2. The number of nitrogens with zero attached hydrogens (tertiary/aromatic N) is 1. The number of morpholine rings is 1. The van der Waals surface area contributed by atoms with E-state index in [1.165, 1.54) is 12.1 Å². The van der Waals surface area contributed by atoms with Crippen LogP contribution in [0.25, 0.3) is 0 Å². The SMILES string of the molecule is NC(CN1CC2CCC(C1)O2)c1cccc(F)c1. The first kappa shape index (κ1) is 12.1. The Hall–Kier alpha value is -0.970. The van der Waals surface area contributed by atoms with Crippen LogP contribution in [0.5, 0.6) is 0 Å². The third kappa shape index (κ3) is 2.55. The zero-order chi connectivity index (χ0) is 12.5. The van der Waals surface area contributed by atoms with Gasteiger partial charge in [-0.1, -0.05) is 12.1 Å². The number of rotatable bonds is 3. The maximum Gasteiger partial charge on any atom is 0.123 e. The molecule has 2 fully saturated rings. The molecule has 3 rings (SSSR count). The average Bonchev–Trinajstić information content (AvgIpc) is 2.69. The summed E-state index contributed by atoms with van der Waals surface area (Å²) < 4.78 is 18.9. The van der Waals surface area contributed by atoms with Gasteiger partial charge in [-0.2, -0.15) is 0 Å². The van der Waals surface area contributed by atoms with Gasteiger partial charge in [0.25, 0.3) is 0 Å². The zero-order valence-electron chi connectivity index (χ0n) is 10.4. The van der Waals surface area contributed by atoms with Crippen LogP contribution in [0, 0.1) is 5.82 Å². The van der Waals surface area contributed by atoms with Gasteiger partial charge in [-0.05, 0) is 30.5 Å². The van der Waals surface area contributed by atoms with Crippen molar-refractivity contribution in [1.29, 1.82) is 0 Å². The van der Waals surface area contributed by atoms with Crippen LogP contribution in [0.15, 0.2) is 24.3 Å². The molecular formula is C14H19FN2O. The highest BCUT2D eigenvalue weighted by atomic mass is 19.1. The Balaban J connectivity index is 1.62. The summed E-state index contributed by atoms with van der Waals surface area (Å²) in [6, 6.07) is 6.46. The topological polar surface area (TPSA) is 38.5 Å². The zero-order valence-corrected chi connectivity index (χ0v) is 10.4. The number of hydrogen-bond acceptors (Lipinski definition) is 3. The van der Waals surface area contributed by atoms with E-state index in [0.717, 1.165) is 38.0 Å². The van der Waals surface area contributed by atoms with Gasteiger partial charge < -0.3 is 10.5 Å². The second-order valence-corrected chi connectivity index (χ2v) is 5.34. The molecule has 3 unspecified atom stereocenters. The monoisotopic (exact) mass is 250 g/mol. The van der Waals surface area contributed by atoms with Gasteiger partial charge in [0, 0.05) is 25.7 Å². The van der Waals surface area contributed by atoms with Crippen LogP contribution < -0.4 is 5.73 Å². The first-order valence-corrected chi connectivity index (χ1v) is 6.59. The molecular weight excluding hydrogens is 231 g/mol. The lowest BCUT2D eigenvalue weighted by Crippen LogP contribution is -2.45. The number of halogens is 1. The average molecular weight is 250 g/mol. The molecule has 2 heterocycles. The third-order valence-electron chi connectivity index (χ3n) is 3.85. The van der Waals surface area contributed by atoms with E-state index in [2.05, 4.69) is 4.90 Å². The molecule has 2 aliphatic heterocycles. The van der Waals surface area contributed by atoms with Crippen molar-refractivity contribution in [2.45, 2.75) is 31.1 Å². The fourth-order valence-electron chi connectivity index (χ4n) is 2.97. The summed E-state index contributed by atoms with van der Waals surface area (Å²) in [6.45, 7) is 2.69. The maximum atomic E-state index is 13.2. The van der Waals surface area contributed by atoms with E-state index in [-0.39, 0.29) is 11.9 Å². The number of ether oxygens (including phenoxy) is 1. The smallest absolute Gasteiger partial charge is 0.123 e. The van der Waals surface area contributed by atoms with Crippen molar-refractivity contribution in [2.24, 2.45) is 5.73 Å². The summed E-state index contributed by atoms with van der Waals surface area (Å²) in [6.07, 6.45) is 3.08. The van der Waals surface area contributed by atoms with Gasteiger partial charge in [0.05, 0.1) is 12.2 Å². The van der Waals surface area contributed by atoms with E-state index in [9.17, 15) is 4.39 Å². The van der Waals surface area contributed by atoms with Crippen molar-refractivity contribution in [3.8, 4) is 0 Å². The molecule has 2 saturated heterocycles. The molecule has 3 atom stereocenters. The predicted molar refractivity (Wildman–Crippen MR) is 67.7 cm³/mol. The van der Waals surface area contributed by atoms with E-state index >= 15 is 0 Å². The fourth-order valence-corrected chi connectivity index (χ4v) is 2.97. The van der Waals surface area contributed by atoms with Crippen molar-refractivity contribution < 1.29 is 9.13 Å². The Morgan fingerprint density at radius 2 is 2.06 bits per heavy atom. The molecule has 2 N–H and O–H groups in total. The molecule has 0 aromatic heterocycles. The van der Waals surface area contributed by atoms with E-state index in [1.807, 2.05) is 6.07 Å². The number of hydrogen-bond donors (Lipinski definition) is 1. The molecule has 2 aliphatic rings. The van der Waals surface area contributed by atoms with E-state index in [0.29, 0.717) is 12.2 Å². The van der Waals surface area contributed by atoms with E-state index in [4.69, 9.17) is 10.5 Å². The third-order valence-corrected chi connectivity index (χ3v) is 3.85. The number of benzene rings is 1. The van der Waals surface area contributed by atoms with Gasteiger partial charge in [0.15, 0.2) is 0 Å². The number of nitrogens with two attached hydrogens (primary N) is 1. The molecule has 2 bridgehead atoms. The molecule has 4 heteroatoms. The molecule has 18 heavy (non-hydrogen) atoms. The van der Waals surface area contributed by atoms with Crippen molar-refractivity contribution >= 4 is 0 Å². The van der Waals surface area contributed by atoms with Crippen LogP contribution in [-0.2, 0) is 4.74 Å². The summed E-state index contributed by atoms with van der Waals surface area (Å²) in [7, 11) is 0. The van der Waals surface area contributed by atoms with Crippen LogP contribution in [0.3, 0.4) is 0 Å². The molecule has 3 nitrogen and oxygen atoms in total. The molecule has 1 aromatic rings. The Morgan fingerprint density at radius 1 is 1.33 bits per heavy atom. The number of fused-ring (bicyclic) bond motifs is 2. The lowest BCUT2D eigenvalue weighted by atomic mass is 10.1. The van der Waals surface area contributed by atoms with Gasteiger partial charge in [-0.15, -0.1) is 0 Å². The standard InChI is InChI=1S/C14H19FN2O/c15-11-3-1-2-10(6-11)14(16)9-17-7-12-4-5-13(8-17)18-12/h1-3,6,12-14H,4-5,7-9,16H2. The van der Waals surface area contributed by atoms with Gasteiger partial charge in [-0.25, -0.2) is 4.39 Å². The van der Waals surface area contributed by atoms with Gasteiger partial charge in [-0.3, -0.25) is 4.90 Å². The largest absolute Gasteiger partial charge is 0.372 e. The predicted octanol–water partition coefficient (Wildman–Crippen LogP) is 1.69. The Bertz CT molecular complexity index is 414. The van der Waals surface area contributed by atoms with Crippen LogP contribution in [-0.4, -0.2) is 36.7 Å². The highest BCUT2D eigenvalue weighted by molar-refractivity contribution is 5.20. The minimum Gasteiger partial charge on any atom is -0.372 e. The molecule has 0 saturated carbocycles. The lowest BCUT2D eigenvalue weighted by molar-refractivity contribution is -0.0397. The van der Waals surface area contributed by atoms with Crippen LogP contribution in [0.1, 0.15) is 24.4 Å². The second kappa shape index (κ2) is 4.96. The minimum atomic E-state index is -0.218. The molecule has 0 aliphatic carbocycles. The molecule has 0 amide bonds. The number of likely N-dealkylation sites (tertiary alicyclic amines) is 1. The Labute approximate surface area is 107 Å². The first-order chi connectivity index (χ1) is 8.70. The quantitative estimate of drug-likeness (QED) is 0.887. The lowest BCUT2D eigenvalue weighted by Gasteiger charge is -2.33. The summed E-state index contributed by atoms with van der Waals surface area (Å²) >= 11 is 0. The van der Waals surface area contributed by atoms with E-state index < -0.39 is 0 Å². The molecule has 0 radical (unpaired) electrons. The summed E-state index contributed by atoms with van der Waals surface area (Å²) in [5.41, 5.74) is 7.03. The van der Waals surface area contributed by atoms with Gasteiger partial charge >= 0.3 is 0 Å². The fraction of sp³-hybridized carbons (Fsp3) is 0.571. The van der Waals surface area contributed by atoms with Crippen LogP contribution in [0.2, 0.25) is 0 Å². The highest BCUT2D eigenvalue weighted by Crippen LogP contribution is 2.27. The normalized spacial score (nSPS) is 29.4. The Morgan fingerprint density at radius 3 is 2.72 bits per heavy atom. The molecule has 0 spiro atoms. The van der Waals surface area contributed by atoms with Crippen molar-refractivity contribution in [2.75, 3.05) is 19.6 Å². The highest BCUT2D eigenvalue weighted by Gasteiger charge is 2.34. The molecule has 1 aromatic carbocycles. The molecule has 98 valence electrons. The van der Waals surface area contributed by atoms with Crippen LogP contribution in [0.4, 0.5) is 4.39 Å². The summed E-state index contributed by atoms with van der Waals surface area (Å²) in [4.78, 5) is 2.35. The van der Waals surface area contributed by atoms with Crippen LogP contribution >= 0.6 is 0 Å².